The van der Waals surface area contributed by atoms with E-state index in [1.54, 1.807) is 30.3 Å². The molecule has 25 heavy (non-hydrogen) atoms. The number of Topliss-reactive ketones (excluding diaryl/α,β-unsaturated/α-hetero) is 1. The van der Waals surface area contributed by atoms with E-state index in [9.17, 15) is 13.2 Å². The van der Waals surface area contributed by atoms with E-state index in [1.165, 1.54) is 26.4 Å². The topological polar surface area (TPSA) is 81.7 Å². The maximum Gasteiger partial charge on any atom is 0.262 e. The molecule has 0 amide bonds. The molecule has 132 valence electrons. The average Bonchev–Trinajstić information content (AvgIpc) is 3.46. The summed E-state index contributed by atoms with van der Waals surface area (Å²) in [7, 11) is -0.863. The second-order valence-electron chi connectivity index (χ2n) is 5.83. The normalized spacial score (nSPS) is 14.0. The summed E-state index contributed by atoms with van der Waals surface area (Å²) in [5, 5.41) is 0. The number of ether oxygens (including phenoxy) is 2. The molecule has 3 rings (SSSR count). The third-order valence-electron chi connectivity index (χ3n) is 4.05. The molecule has 0 aromatic heterocycles. The Kier molecular flexibility index (Phi) is 4.67. The van der Waals surface area contributed by atoms with Crippen LogP contribution in [0.4, 0.5) is 5.69 Å². The highest BCUT2D eigenvalue weighted by Crippen LogP contribution is 2.33. The molecule has 0 heterocycles. The standard InChI is InChI=1S/C18H19NO5S/c1-23-14-7-10-17(24-2)16(11-14)19-25(21,22)15-8-5-13(6-9-15)18(20)12-3-4-12/h5-12,19H,3-4H2,1-2H3. The summed E-state index contributed by atoms with van der Waals surface area (Å²) in [6, 6.07) is 10.8. The second kappa shape index (κ2) is 6.76. The summed E-state index contributed by atoms with van der Waals surface area (Å²) in [5.41, 5.74) is 0.820. The summed E-state index contributed by atoms with van der Waals surface area (Å²) in [5.74, 6) is 1.06. The van der Waals surface area contributed by atoms with Crippen LogP contribution in [0, 0.1) is 5.92 Å². The van der Waals surface area contributed by atoms with E-state index in [0.717, 1.165) is 12.8 Å². The van der Waals surface area contributed by atoms with Crippen molar-refractivity contribution in [3.05, 3.63) is 48.0 Å². The smallest absolute Gasteiger partial charge is 0.262 e. The third-order valence-corrected chi connectivity index (χ3v) is 5.43. The lowest BCUT2D eigenvalue weighted by Gasteiger charge is -2.13. The quantitative estimate of drug-likeness (QED) is 0.767. The first kappa shape index (κ1) is 17.3. The molecule has 1 aliphatic rings. The van der Waals surface area contributed by atoms with Crippen molar-refractivity contribution in [2.45, 2.75) is 17.7 Å². The van der Waals surface area contributed by atoms with Crippen LogP contribution in [0.3, 0.4) is 0 Å². The number of rotatable bonds is 7. The number of methoxy groups -OCH3 is 2. The first-order valence-electron chi connectivity index (χ1n) is 7.84. The third kappa shape index (κ3) is 3.76. The van der Waals surface area contributed by atoms with Gasteiger partial charge >= 0.3 is 0 Å². The largest absolute Gasteiger partial charge is 0.497 e. The molecule has 1 aliphatic carbocycles. The molecule has 0 spiro atoms. The molecule has 2 aromatic rings. The number of hydrogen-bond acceptors (Lipinski definition) is 5. The van der Waals surface area contributed by atoms with Crippen LogP contribution in [-0.4, -0.2) is 28.4 Å². The van der Waals surface area contributed by atoms with Gasteiger partial charge in [-0.25, -0.2) is 8.42 Å². The second-order valence-corrected chi connectivity index (χ2v) is 7.52. The summed E-state index contributed by atoms with van der Waals surface area (Å²) >= 11 is 0. The molecule has 6 nitrogen and oxygen atoms in total. The summed E-state index contributed by atoms with van der Waals surface area (Å²) in [6.07, 6.45) is 1.83. The zero-order valence-electron chi connectivity index (χ0n) is 14.0. The van der Waals surface area contributed by atoms with E-state index in [-0.39, 0.29) is 22.3 Å². The lowest BCUT2D eigenvalue weighted by Crippen LogP contribution is -2.14. The summed E-state index contributed by atoms with van der Waals surface area (Å²) in [6.45, 7) is 0. The molecular formula is C18H19NO5S. The van der Waals surface area contributed by atoms with E-state index in [4.69, 9.17) is 9.47 Å². The first-order chi connectivity index (χ1) is 11.9. The van der Waals surface area contributed by atoms with Crippen LogP contribution in [0.1, 0.15) is 23.2 Å². The van der Waals surface area contributed by atoms with Crippen LogP contribution in [0.2, 0.25) is 0 Å². The fourth-order valence-electron chi connectivity index (χ4n) is 2.48. The van der Waals surface area contributed by atoms with Crippen LogP contribution < -0.4 is 14.2 Å². The Hall–Kier alpha value is -2.54. The maximum absolute atomic E-state index is 12.6. The molecule has 2 aromatic carbocycles. The Morgan fingerprint density at radius 3 is 2.28 bits per heavy atom. The predicted molar refractivity (Wildman–Crippen MR) is 93.9 cm³/mol. The fraction of sp³-hybridized carbons (Fsp3) is 0.278. The van der Waals surface area contributed by atoms with Gasteiger partial charge in [-0.3, -0.25) is 9.52 Å². The van der Waals surface area contributed by atoms with Crippen molar-refractivity contribution in [3.63, 3.8) is 0 Å². The van der Waals surface area contributed by atoms with Crippen molar-refractivity contribution in [3.8, 4) is 11.5 Å². The van der Waals surface area contributed by atoms with Crippen molar-refractivity contribution < 1.29 is 22.7 Å². The number of sulfonamides is 1. The minimum absolute atomic E-state index is 0.0738. The number of benzene rings is 2. The van der Waals surface area contributed by atoms with Gasteiger partial charge in [-0.15, -0.1) is 0 Å². The number of hydrogen-bond donors (Lipinski definition) is 1. The molecule has 7 heteroatoms. The van der Waals surface area contributed by atoms with E-state index >= 15 is 0 Å². The van der Waals surface area contributed by atoms with E-state index < -0.39 is 10.0 Å². The van der Waals surface area contributed by atoms with E-state index in [1.807, 2.05) is 0 Å². The van der Waals surface area contributed by atoms with E-state index in [2.05, 4.69) is 4.72 Å². The zero-order valence-corrected chi connectivity index (χ0v) is 14.8. The van der Waals surface area contributed by atoms with Gasteiger partial charge in [-0.2, -0.15) is 0 Å². The zero-order chi connectivity index (χ0) is 18.0. The van der Waals surface area contributed by atoms with Gasteiger partial charge in [-0.05, 0) is 37.1 Å². The molecule has 0 atom stereocenters. The van der Waals surface area contributed by atoms with Crippen LogP contribution in [0.25, 0.3) is 0 Å². The average molecular weight is 361 g/mol. The fourth-order valence-corrected chi connectivity index (χ4v) is 3.54. The SMILES string of the molecule is COc1ccc(OC)c(NS(=O)(=O)c2ccc(C(=O)C3CC3)cc2)c1. The number of ketones is 1. The van der Waals surface area contributed by atoms with Gasteiger partial charge in [0.1, 0.15) is 11.5 Å². The van der Waals surface area contributed by atoms with Crippen molar-refractivity contribution in [2.75, 3.05) is 18.9 Å². The Morgan fingerprint density at radius 1 is 1.04 bits per heavy atom. The maximum atomic E-state index is 12.6. The first-order valence-corrected chi connectivity index (χ1v) is 9.32. The number of carbonyl (C=O) groups excluding carboxylic acids is 1. The Labute approximate surface area is 146 Å². The number of nitrogens with one attached hydrogen (secondary N) is 1. The molecule has 0 radical (unpaired) electrons. The molecule has 0 aliphatic heterocycles. The van der Waals surface area contributed by atoms with Gasteiger partial charge in [0.15, 0.2) is 5.78 Å². The molecule has 0 unspecified atom stereocenters. The van der Waals surface area contributed by atoms with Crippen LogP contribution >= 0.6 is 0 Å². The van der Waals surface area contributed by atoms with Crippen LogP contribution in [0.5, 0.6) is 11.5 Å². The highest BCUT2D eigenvalue weighted by atomic mass is 32.2. The van der Waals surface area contributed by atoms with Gasteiger partial charge in [0.05, 0.1) is 24.8 Å². The highest BCUT2D eigenvalue weighted by Gasteiger charge is 2.30. The molecule has 0 bridgehead atoms. The minimum atomic E-state index is -3.81. The van der Waals surface area contributed by atoms with Crippen molar-refractivity contribution in [2.24, 2.45) is 5.92 Å². The Bertz CT molecular complexity index is 886. The van der Waals surface area contributed by atoms with Gasteiger partial charge in [0, 0.05) is 17.5 Å². The summed E-state index contributed by atoms with van der Waals surface area (Å²) < 4.78 is 38.0. The monoisotopic (exact) mass is 361 g/mol. The van der Waals surface area contributed by atoms with Gasteiger partial charge in [0.25, 0.3) is 10.0 Å². The molecule has 1 N–H and O–H groups in total. The molecule has 1 saturated carbocycles. The lowest BCUT2D eigenvalue weighted by atomic mass is 10.1. The van der Waals surface area contributed by atoms with E-state index in [0.29, 0.717) is 17.1 Å². The van der Waals surface area contributed by atoms with Crippen LogP contribution in [-0.2, 0) is 10.0 Å². The van der Waals surface area contributed by atoms with Gasteiger partial charge < -0.3 is 9.47 Å². The van der Waals surface area contributed by atoms with Crippen LogP contribution in [0.15, 0.2) is 47.4 Å². The van der Waals surface area contributed by atoms with Crippen molar-refractivity contribution >= 4 is 21.5 Å². The Morgan fingerprint density at radius 2 is 1.72 bits per heavy atom. The summed E-state index contributed by atoms with van der Waals surface area (Å²) in [4.78, 5) is 12.1. The molecular weight excluding hydrogens is 342 g/mol. The van der Waals surface area contributed by atoms with Gasteiger partial charge in [-0.1, -0.05) is 12.1 Å². The number of carbonyl (C=O) groups is 1. The molecule has 0 saturated heterocycles. The lowest BCUT2D eigenvalue weighted by molar-refractivity contribution is 0.0967. The van der Waals surface area contributed by atoms with Crippen molar-refractivity contribution in [1.29, 1.82) is 0 Å². The minimum Gasteiger partial charge on any atom is -0.497 e. The Balaban J connectivity index is 1.85. The molecule has 1 fully saturated rings. The predicted octanol–water partition coefficient (Wildman–Crippen LogP) is 3.10. The van der Waals surface area contributed by atoms with Crippen molar-refractivity contribution in [1.82, 2.24) is 0 Å². The number of anilines is 1. The van der Waals surface area contributed by atoms with Gasteiger partial charge in [0.2, 0.25) is 0 Å². The highest BCUT2D eigenvalue weighted by molar-refractivity contribution is 7.92.